The van der Waals surface area contributed by atoms with Crippen LogP contribution in [0.25, 0.3) is 10.3 Å². The van der Waals surface area contributed by atoms with Gasteiger partial charge in [0.05, 0.1) is 0 Å². The second-order valence-electron chi connectivity index (χ2n) is 5.96. The minimum atomic E-state index is -0.0473. The topological polar surface area (TPSA) is 61.4 Å². The number of thioether (sulfide) groups is 1. The van der Waals surface area contributed by atoms with Crippen molar-refractivity contribution in [2.75, 3.05) is 42.7 Å². The number of hydrogen-bond donors (Lipinski definition) is 1. The van der Waals surface area contributed by atoms with E-state index in [-0.39, 0.29) is 6.03 Å². The molecule has 1 aliphatic rings. The van der Waals surface area contributed by atoms with Gasteiger partial charge in [-0.1, -0.05) is 17.4 Å². The summed E-state index contributed by atoms with van der Waals surface area (Å²) in [6.45, 7) is 2.91. The molecule has 0 aliphatic carbocycles. The minimum absolute atomic E-state index is 0.0473. The summed E-state index contributed by atoms with van der Waals surface area (Å²) in [5.41, 5.74) is 1.77. The Labute approximate surface area is 160 Å². The van der Waals surface area contributed by atoms with E-state index < -0.39 is 0 Å². The Kier molecular flexibility index (Phi) is 4.94. The number of pyridine rings is 1. The zero-order valence-corrected chi connectivity index (χ0v) is 16.0. The Bertz CT molecular complexity index is 888. The van der Waals surface area contributed by atoms with E-state index in [0.29, 0.717) is 13.1 Å². The van der Waals surface area contributed by atoms with Gasteiger partial charge in [-0.25, -0.2) is 14.8 Å². The molecule has 26 heavy (non-hydrogen) atoms. The molecule has 0 spiro atoms. The molecule has 134 valence electrons. The number of fused-ring (bicyclic) bond motifs is 1. The third-order valence-corrected chi connectivity index (χ3v) is 6.08. The van der Waals surface area contributed by atoms with E-state index in [1.165, 1.54) is 0 Å². The third kappa shape index (κ3) is 3.61. The summed E-state index contributed by atoms with van der Waals surface area (Å²) < 4.78 is 0. The average molecular weight is 386 g/mol. The number of hydrogen-bond acceptors (Lipinski definition) is 6. The summed E-state index contributed by atoms with van der Waals surface area (Å²) in [6.07, 6.45) is 3.82. The number of amides is 2. The Morgan fingerprint density at radius 1 is 1.19 bits per heavy atom. The summed E-state index contributed by atoms with van der Waals surface area (Å²) in [7, 11) is 0. The lowest BCUT2D eigenvalue weighted by Gasteiger charge is -2.34. The number of nitrogens with zero attached hydrogens (tertiary/aromatic N) is 4. The fourth-order valence-corrected chi connectivity index (χ4v) is 4.32. The summed E-state index contributed by atoms with van der Waals surface area (Å²) >= 11 is 3.27. The van der Waals surface area contributed by atoms with E-state index in [4.69, 9.17) is 0 Å². The summed E-state index contributed by atoms with van der Waals surface area (Å²) in [4.78, 5) is 27.7. The third-order valence-electron chi connectivity index (χ3n) is 4.31. The molecule has 0 unspecified atom stereocenters. The molecule has 0 saturated carbocycles. The highest BCUT2D eigenvalue weighted by atomic mass is 32.2. The molecule has 2 amide bonds. The molecule has 0 radical (unpaired) electrons. The summed E-state index contributed by atoms with van der Waals surface area (Å²) in [5, 5.41) is 3.97. The van der Waals surface area contributed by atoms with E-state index in [0.717, 1.165) is 39.2 Å². The van der Waals surface area contributed by atoms with Crippen LogP contribution in [0.1, 0.15) is 0 Å². The van der Waals surface area contributed by atoms with Crippen molar-refractivity contribution in [1.29, 1.82) is 0 Å². The number of carbonyl (C=O) groups excluding carboxylic acids is 1. The molecule has 8 heteroatoms. The molecule has 2 aromatic heterocycles. The molecule has 1 aromatic carbocycles. The molecule has 1 saturated heterocycles. The van der Waals surface area contributed by atoms with Gasteiger partial charge < -0.3 is 15.1 Å². The SMILES string of the molecule is CSc1cccc(NC(=O)N2CCN(c3nc4cccnc4s3)CC2)c1. The maximum atomic E-state index is 12.5. The van der Waals surface area contributed by atoms with Gasteiger partial charge >= 0.3 is 6.03 Å². The molecule has 1 aliphatic heterocycles. The second-order valence-corrected chi connectivity index (χ2v) is 7.80. The highest BCUT2D eigenvalue weighted by Crippen LogP contribution is 2.27. The minimum Gasteiger partial charge on any atom is -0.344 e. The van der Waals surface area contributed by atoms with Crippen LogP contribution in [-0.4, -0.2) is 53.3 Å². The Morgan fingerprint density at radius 2 is 2.04 bits per heavy atom. The Balaban J connectivity index is 1.37. The van der Waals surface area contributed by atoms with E-state index in [1.54, 1.807) is 29.3 Å². The fourth-order valence-electron chi connectivity index (χ4n) is 2.90. The van der Waals surface area contributed by atoms with Crippen molar-refractivity contribution in [3.63, 3.8) is 0 Å². The largest absolute Gasteiger partial charge is 0.344 e. The number of aromatic nitrogens is 2. The molecular weight excluding hydrogens is 366 g/mol. The van der Waals surface area contributed by atoms with Gasteiger partial charge in [0, 0.05) is 43.0 Å². The molecule has 1 N–H and O–H groups in total. The van der Waals surface area contributed by atoms with Gasteiger partial charge in [-0.05, 0) is 36.6 Å². The number of anilines is 2. The van der Waals surface area contributed by atoms with Crippen molar-refractivity contribution in [2.45, 2.75) is 4.90 Å². The lowest BCUT2D eigenvalue weighted by Crippen LogP contribution is -2.50. The van der Waals surface area contributed by atoms with Gasteiger partial charge in [-0.15, -0.1) is 11.8 Å². The predicted molar refractivity (Wildman–Crippen MR) is 108 cm³/mol. The second kappa shape index (κ2) is 7.51. The molecule has 0 atom stereocenters. The van der Waals surface area contributed by atoms with Gasteiger partial charge in [0.15, 0.2) is 5.13 Å². The van der Waals surface area contributed by atoms with Crippen molar-refractivity contribution < 1.29 is 4.79 Å². The van der Waals surface area contributed by atoms with Crippen molar-refractivity contribution in [2.24, 2.45) is 0 Å². The Hall–Kier alpha value is -2.32. The maximum Gasteiger partial charge on any atom is 0.321 e. The highest BCUT2D eigenvalue weighted by molar-refractivity contribution is 7.98. The number of thiazole rings is 1. The average Bonchev–Trinajstić information content (AvgIpc) is 3.12. The zero-order chi connectivity index (χ0) is 17.9. The van der Waals surface area contributed by atoms with E-state index in [9.17, 15) is 4.79 Å². The number of nitrogens with one attached hydrogen (secondary N) is 1. The monoisotopic (exact) mass is 385 g/mol. The van der Waals surface area contributed by atoms with E-state index >= 15 is 0 Å². The van der Waals surface area contributed by atoms with Crippen LogP contribution in [0.15, 0.2) is 47.5 Å². The lowest BCUT2D eigenvalue weighted by molar-refractivity contribution is 0.208. The zero-order valence-electron chi connectivity index (χ0n) is 14.4. The van der Waals surface area contributed by atoms with Crippen LogP contribution in [0.2, 0.25) is 0 Å². The van der Waals surface area contributed by atoms with Crippen LogP contribution in [0.3, 0.4) is 0 Å². The quantitative estimate of drug-likeness (QED) is 0.696. The first-order valence-corrected chi connectivity index (χ1v) is 10.4. The standard InChI is InChI=1S/C18H19N5OS2/c1-25-14-5-2-4-13(12-14)20-17(24)22-8-10-23(11-9-22)18-21-15-6-3-7-19-16(15)26-18/h2-7,12H,8-11H2,1H3,(H,20,24). The fraction of sp³-hybridized carbons (Fsp3) is 0.278. The Morgan fingerprint density at radius 3 is 2.81 bits per heavy atom. The number of rotatable bonds is 3. The molecule has 4 rings (SSSR count). The first-order chi connectivity index (χ1) is 12.7. The first-order valence-electron chi connectivity index (χ1n) is 8.39. The summed E-state index contributed by atoms with van der Waals surface area (Å²) in [5.74, 6) is 0. The van der Waals surface area contributed by atoms with Gasteiger partial charge in [-0.3, -0.25) is 0 Å². The van der Waals surface area contributed by atoms with Crippen LogP contribution >= 0.6 is 23.1 Å². The predicted octanol–water partition coefficient (Wildman–Crippen LogP) is 3.77. The van der Waals surface area contributed by atoms with Crippen molar-refractivity contribution in [3.05, 3.63) is 42.6 Å². The van der Waals surface area contributed by atoms with Crippen LogP contribution in [-0.2, 0) is 0 Å². The molecule has 3 heterocycles. The first kappa shape index (κ1) is 17.1. The van der Waals surface area contributed by atoms with Gasteiger partial charge in [0.2, 0.25) is 0 Å². The van der Waals surface area contributed by atoms with Crippen molar-refractivity contribution in [3.8, 4) is 0 Å². The molecule has 1 fully saturated rings. The van der Waals surface area contributed by atoms with Gasteiger partial charge in [0.25, 0.3) is 0 Å². The number of carbonyl (C=O) groups is 1. The number of piperazine rings is 1. The van der Waals surface area contributed by atoms with E-state index in [1.807, 2.05) is 47.6 Å². The van der Waals surface area contributed by atoms with E-state index in [2.05, 4.69) is 20.2 Å². The summed E-state index contributed by atoms with van der Waals surface area (Å²) in [6, 6.07) is 11.7. The maximum absolute atomic E-state index is 12.5. The highest BCUT2D eigenvalue weighted by Gasteiger charge is 2.23. The van der Waals surface area contributed by atoms with Crippen LogP contribution in [0.5, 0.6) is 0 Å². The van der Waals surface area contributed by atoms with Crippen LogP contribution < -0.4 is 10.2 Å². The van der Waals surface area contributed by atoms with Crippen LogP contribution in [0, 0.1) is 0 Å². The lowest BCUT2D eigenvalue weighted by atomic mass is 10.3. The van der Waals surface area contributed by atoms with Crippen molar-refractivity contribution in [1.82, 2.24) is 14.9 Å². The normalized spacial score (nSPS) is 14.7. The molecule has 3 aromatic rings. The molecule has 0 bridgehead atoms. The van der Waals surface area contributed by atoms with Crippen LogP contribution in [0.4, 0.5) is 15.6 Å². The number of urea groups is 1. The number of benzene rings is 1. The van der Waals surface area contributed by atoms with Gasteiger partial charge in [-0.2, -0.15) is 0 Å². The van der Waals surface area contributed by atoms with Crippen molar-refractivity contribution >= 4 is 50.3 Å². The van der Waals surface area contributed by atoms with Gasteiger partial charge in [0.1, 0.15) is 10.3 Å². The molecular formula is C18H19N5OS2. The smallest absolute Gasteiger partial charge is 0.321 e. The molecule has 6 nitrogen and oxygen atoms in total.